The van der Waals surface area contributed by atoms with Gasteiger partial charge in [-0.3, -0.25) is 0 Å². The van der Waals surface area contributed by atoms with Crippen LogP contribution in [0.3, 0.4) is 0 Å². The highest BCUT2D eigenvalue weighted by atomic mass is 19.4. The Kier molecular flexibility index (Phi) is 4.82. The number of alkyl halides is 3. The van der Waals surface area contributed by atoms with Gasteiger partial charge in [-0.1, -0.05) is 6.92 Å². The molecule has 1 rings (SSSR count). The molecular weight excluding hydrogens is 223 g/mol. The van der Waals surface area contributed by atoms with Crippen molar-refractivity contribution in [3.63, 3.8) is 0 Å². The van der Waals surface area contributed by atoms with E-state index in [-0.39, 0.29) is 12.6 Å². The van der Waals surface area contributed by atoms with Crippen molar-refractivity contribution in [1.29, 1.82) is 0 Å². The van der Waals surface area contributed by atoms with Crippen LogP contribution in [0.2, 0.25) is 0 Å². The molecule has 92 valence electrons. The lowest BCUT2D eigenvalue weighted by Crippen LogP contribution is -2.27. The Morgan fingerprint density at radius 3 is 2.75 bits per heavy atom. The van der Waals surface area contributed by atoms with E-state index in [4.69, 9.17) is 4.42 Å². The Morgan fingerprint density at radius 1 is 1.50 bits per heavy atom. The third-order valence-electron chi connectivity index (χ3n) is 1.95. The lowest BCUT2D eigenvalue weighted by atomic mass is 10.1. The van der Waals surface area contributed by atoms with Gasteiger partial charge in [-0.15, -0.1) is 0 Å². The number of ether oxygens (including phenoxy) is 1. The number of rotatable bonds is 6. The van der Waals surface area contributed by atoms with Gasteiger partial charge in [-0.05, 0) is 12.6 Å². The zero-order valence-corrected chi connectivity index (χ0v) is 8.88. The van der Waals surface area contributed by atoms with Crippen LogP contribution in [0.5, 0.6) is 0 Å². The van der Waals surface area contributed by atoms with Crippen LogP contribution < -0.4 is 5.32 Å². The molecule has 1 unspecified atom stereocenters. The monoisotopic (exact) mass is 237 g/mol. The van der Waals surface area contributed by atoms with Gasteiger partial charge in [0.15, 0.2) is 0 Å². The summed E-state index contributed by atoms with van der Waals surface area (Å²) in [6.45, 7) is 1.25. The number of hydrogen-bond donors (Lipinski definition) is 1. The molecule has 0 fully saturated rings. The van der Waals surface area contributed by atoms with Crippen molar-refractivity contribution < 1.29 is 22.3 Å². The normalized spacial score (nSPS) is 14.0. The summed E-state index contributed by atoms with van der Waals surface area (Å²) in [7, 11) is 0. The molecule has 0 aliphatic carbocycles. The predicted molar refractivity (Wildman–Crippen MR) is 52.0 cm³/mol. The molecule has 0 bridgehead atoms. The summed E-state index contributed by atoms with van der Waals surface area (Å²) in [5.74, 6) is 0. The number of nitrogens with one attached hydrogen (secondary N) is 1. The Labute approximate surface area is 91.6 Å². The standard InChI is InChI=1S/C10H14F3NO2/c1-2-14-9(8-3-4-15-5-8)6-16-7-10(11,12)13/h3-5,9,14H,2,6-7H2,1H3. The van der Waals surface area contributed by atoms with Gasteiger partial charge >= 0.3 is 6.18 Å². The summed E-state index contributed by atoms with van der Waals surface area (Å²) in [6, 6.07) is 1.43. The Bertz CT molecular complexity index is 285. The van der Waals surface area contributed by atoms with E-state index in [1.54, 1.807) is 6.07 Å². The molecule has 0 aromatic carbocycles. The van der Waals surface area contributed by atoms with Crippen molar-refractivity contribution in [2.75, 3.05) is 19.8 Å². The highest BCUT2D eigenvalue weighted by Crippen LogP contribution is 2.17. The smallest absolute Gasteiger partial charge is 0.411 e. The Balaban J connectivity index is 2.41. The second-order valence-corrected chi connectivity index (χ2v) is 3.30. The van der Waals surface area contributed by atoms with Gasteiger partial charge in [0.2, 0.25) is 0 Å². The van der Waals surface area contributed by atoms with E-state index in [9.17, 15) is 13.2 Å². The van der Waals surface area contributed by atoms with E-state index >= 15 is 0 Å². The predicted octanol–water partition coefficient (Wildman–Crippen LogP) is 2.51. The SMILES string of the molecule is CCNC(COCC(F)(F)F)c1ccoc1. The zero-order chi connectivity index (χ0) is 12.0. The highest BCUT2D eigenvalue weighted by molar-refractivity contribution is 5.11. The second-order valence-electron chi connectivity index (χ2n) is 3.30. The van der Waals surface area contributed by atoms with Gasteiger partial charge in [0, 0.05) is 5.56 Å². The van der Waals surface area contributed by atoms with E-state index in [1.807, 2.05) is 6.92 Å². The molecule has 1 aromatic rings. The van der Waals surface area contributed by atoms with E-state index in [0.29, 0.717) is 6.54 Å². The van der Waals surface area contributed by atoms with Gasteiger partial charge in [-0.25, -0.2) is 0 Å². The quantitative estimate of drug-likeness (QED) is 0.825. The first-order valence-electron chi connectivity index (χ1n) is 4.93. The lowest BCUT2D eigenvalue weighted by molar-refractivity contribution is -0.175. The Morgan fingerprint density at radius 2 is 2.25 bits per heavy atom. The molecule has 3 nitrogen and oxygen atoms in total. The third kappa shape index (κ3) is 4.67. The van der Waals surface area contributed by atoms with Crippen LogP contribution in [-0.2, 0) is 4.74 Å². The largest absolute Gasteiger partial charge is 0.472 e. The molecule has 0 radical (unpaired) electrons. The molecule has 0 aliphatic heterocycles. The van der Waals surface area contributed by atoms with Gasteiger partial charge in [0.05, 0.1) is 25.2 Å². The van der Waals surface area contributed by atoms with Crippen molar-refractivity contribution in [1.82, 2.24) is 5.32 Å². The molecule has 1 aromatic heterocycles. The maximum atomic E-state index is 11.9. The third-order valence-corrected chi connectivity index (χ3v) is 1.95. The molecule has 0 spiro atoms. The minimum Gasteiger partial charge on any atom is -0.472 e. The first kappa shape index (κ1) is 13.1. The fourth-order valence-electron chi connectivity index (χ4n) is 1.29. The number of furan rings is 1. The van der Waals surface area contributed by atoms with Crippen LogP contribution in [0.15, 0.2) is 23.0 Å². The van der Waals surface area contributed by atoms with Gasteiger partial charge in [-0.2, -0.15) is 13.2 Å². The van der Waals surface area contributed by atoms with Crippen molar-refractivity contribution in [2.24, 2.45) is 0 Å². The minimum absolute atomic E-state index is 0.0348. The molecular formula is C10H14F3NO2. The van der Waals surface area contributed by atoms with Gasteiger partial charge in [0.1, 0.15) is 6.61 Å². The number of hydrogen-bond acceptors (Lipinski definition) is 3. The molecule has 0 saturated carbocycles. The summed E-state index contributed by atoms with van der Waals surface area (Å²) >= 11 is 0. The number of halogens is 3. The summed E-state index contributed by atoms with van der Waals surface area (Å²) in [5.41, 5.74) is 0.782. The van der Waals surface area contributed by atoms with Crippen LogP contribution in [0.25, 0.3) is 0 Å². The van der Waals surface area contributed by atoms with Crippen molar-refractivity contribution >= 4 is 0 Å². The summed E-state index contributed by atoms with van der Waals surface area (Å²) in [5, 5.41) is 3.02. The summed E-state index contributed by atoms with van der Waals surface area (Å²) in [6.07, 6.45) is -1.32. The molecule has 1 atom stereocenters. The molecule has 1 heterocycles. The molecule has 6 heteroatoms. The van der Waals surface area contributed by atoms with E-state index in [0.717, 1.165) is 5.56 Å². The van der Waals surface area contributed by atoms with E-state index < -0.39 is 12.8 Å². The molecule has 1 N–H and O–H groups in total. The van der Waals surface area contributed by atoms with E-state index in [1.165, 1.54) is 12.5 Å². The van der Waals surface area contributed by atoms with Crippen molar-refractivity contribution in [3.05, 3.63) is 24.2 Å². The average Bonchev–Trinajstić information content (AvgIpc) is 2.67. The lowest BCUT2D eigenvalue weighted by Gasteiger charge is -2.17. The minimum atomic E-state index is -4.28. The first-order valence-corrected chi connectivity index (χ1v) is 4.93. The van der Waals surface area contributed by atoms with Crippen molar-refractivity contribution in [2.45, 2.75) is 19.1 Å². The number of likely N-dealkylation sites (N-methyl/N-ethyl adjacent to an activating group) is 1. The van der Waals surface area contributed by atoms with Crippen LogP contribution in [0, 0.1) is 0 Å². The van der Waals surface area contributed by atoms with Crippen LogP contribution in [0.4, 0.5) is 13.2 Å². The maximum absolute atomic E-state index is 11.9. The van der Waals surface area contributed by atoms with Gasteiger partial charge in [0.25, 0.3) is 0 Å². The fourth-order valence-corrected chi connectivity index (χ4v) is 1.29. The summed E-state index contributed by atoms with van der Waals surface area (Å²) < 4.78 is 45.1. The zero-order valence-electron chi connectivity index (χ0n) is 8.88. The second kappa shape index (κ2) is 5.91. The highest BCUT2D eigenvalue weighted by Gasteiger charge is 2.28. The Hall–Kier alpha value is -1.01. The molecule has 16 heavy (non-hydrogen) atoms. The summed E-state index contributed by atoms with van der Waals surface area (Å²) in [4.78, 5) is 0. The first-order chi connectivity index (χ1) is 7.53. The molecule has 0 amide bonds. The van der Waals surface area contributed by atoms with Crippen LogP contribution in [0.1, 0.15) is 18.5 Å². The van der Waals surface area contributed by atoms with Crippen LogP contribution >= 0.6 is 0 Å². The van der Waals surface area contributed by atoms with Crippen LogP contribution in [-0.4, -0.2) is 25.9 Å². The molecule has 0 aliphatic rings. The fraction of sp³-hybridized carbons (Fsp3) is 0.600. The molecule has 0 saturated heterocycles. The average molecular weight is 237 g/mol. The van der Waals surface area contributed by atoms with Gasteiger partial charge < -0.3 is 14.5 Å². The van der Waals surface area contributed by atoms with Crippen molar-refractivity contribution in [3.8, 4) is 0 Å². The topological polar surface area (TPSA) is 34.4 Å². The maximum Gasteiger partial charge on any atom is 0.411 e. The van der Waals surface area contributed by atoms with E-state index in [2.05, 4.69) is 10.1 Å².